The van der Waals surface area contributed by atoms with E-state index in [1.165, 1.54) is 23.7 Å². The van der Waals surface area contributed by atoms with Gasteiger partial charge in [0, 0.05) is 13.6 Å². The zero-order valence-electron chi connectivity index (χ0n) is 19.5. The van der Waals surface area contributed by atoms with E-state index in [2.05, 4.69) is 15.3 Å². The number of hydrogen-bond acceptors (Lipinski definition) is 6. The SMILES string of the molecule is Cc1nc(S[C@@H](C)C(=O)N[C@H](C)c2ccc(F)cc2)c2c(=O)n(C)c(=O)n(CC(C)C)c2n1. The number of carbonyl (C=O) groups is 1. The third-order valence-corrected chi connectivity index (χ3v) is 6.28. The van der Waals surface area contributed by atoms with E-state index in [0.29, 0.717) is 17.4 Å². The molecule has 1 aromatic carbocycles. The number of fused-ring (bicyclic) bond motifs is 1. The summed E-state index contributed by atoms with van der Waals surface area (Å²) in [5.41, 5.74) is 0.120. The smallest absolute Gasteiger partial charge is 0.332 e. The lowest BCUT2D eigenvalue weighted by Crippen LogP contribution is -2.40. The molecule has 2 atom stereocenters. The first-order valence-corrected chi connectivity index (χ1v) is 11.6. The van der Waals surface area contributed by atoms with E-state index in [-0.39, 0.29) is 34.7 Å². The van der Waals surface area contributed by atoms with Crippen LogP contribution in [0, 0.1) is 18.7 Å². The molecule has 33 heavy (non-hydrogen) atoms. The Kier molecular flexibility index (Phi) is 7.36. The maximum Gasteiger partial charge on any atom is 0.332 e. The van der Waals surface area contributed by atoms with Crippen molar-refractivity contribution in [2.45, 2.75) is 57.5 Å². The largest absolute Gasteiger partial charge is 0.349 e. The Bertz CT molecular complexity index is 1300. The van der Waals surface area contributed by atoms with Crippen LogP contribution in [0.25, 0.3) is 11.0 Å². The van der Waals surface area contributed by atoms with Crippen molar-refractivity contribution < 1.29 is 9.18 Å². The van der Waals surface area contributed by atoms with Gasteiger partial charge in [-0.1, -0.05) is 37.7 Å². The van der Waals surface area contributed by atoms with Gasteiger partial charge in [-0.2, -0.15) is 0 Å². The van der Waals surface area contributed by atoms with Gasteiger partial charge in [0.05, 0.1) is 11.3 Å². The Morgan fingerprint density at radius 1 is 1.12 bits per heavy atom. The number of nitrogens with zero attached hydrogens (tertiary/aromatic N) is 4. The quantitative estimate of drug-likeness (QED) is 0.418. The second-order valence-corrected chi connectivity index (χ2v) is 9.80. The van der Waals surface area contributed by atoms with Gasteiger partial charge in [0.15, 0.2) is 5.65 Å². The molecule has 176 valence electrons. The summed E-state index contributed by atoms with van der Waals surface area (Å²) < 4.78 is 15.7. The van der Waals surface area contributed by atoms with Gasteiger partial charge in [0.2, 0.25) is 5.91 Å². The standard InChI is InChI=1S/C23H28FN5O3S/c1-12(2)11-29-19-18(22(31)28(6)23(29)32)21(27-15(5)26-19)33-14(4)20(30)25-13(3)16-7-9-17(24)10-8-16/h7-10,12-14H,11H2,1-6H3,(H,25,30)/t13-,14+/m1/s1. The van der Waals surface area contributed by atoms with E-state index in [1.54, 1.807) is 26.0 Å². The average molecular weight is 474 g/mol. The lowest BCUT2D eigenvalue weighted by molar-refractivity contribution is -0.120. The Labute approximate surface area is 195 Å². The van der Waals surface area contributed by atoms with Crippen molar-refractivity contribution in [1.29, 1.82) is 0 Å². The van der Waals surface area contributed by atoms with Gasteiger partial charge in [0.25, 0.3) is 5.56 Å². The number of nitrogens with one attached hydrogen (secondary N) is 1. The van der Waals surface area contributed by atoms with Gasteiger partial charge in [-0.3, -0.25) is 18.7 Å². The van der Waals surface area contributed by atoms with E-state index >= 15 is 0 Å². The van der Waals surface area contributed by atoms with Crippen molar-refractivity contribution in [2.24, 2.45) is 13.0 Å². The second kappa shape index (κ2) is 9.86. The van der Waals surface area contributed by atoms with Gasteiger partial charge in [0.1, 0.15) is 22.1 Å². The lowest BCUT2D eigenvalue weighted by Gasteiger charge is -2.19. The molecule has 0 aliphatic carbocycles. The maximum absolute atomic E-state index is 13.2. The second-order valence-electron chi connectivity index (χ2n) is 8.47. The van der Waals surface area contributed by atoms with E-state index in [1.807, 2.05) is 20.8 Å². The molecule has 1 amide bonds. The van der Waals surface area contributed by atoms with E-state index in [4.69, 9.17) is 0 Å². The van der Waals surface area contributed by atoms with E-state index in [0.717, 1.165) is 21.9 Å². The zero-order valence-corrected chi connectivity index (χ0v) is 20.4. The zero-order chi connectivity index (χ0) is 24.4. The number of amides is 1. The highest BCUT2D eigenvalue weighted by molar-refractivity contribution is 8.00. The van der Waals surface area contributed by atoms with Gasteiger partial charge in [-0.25, -0.2) is 19.2 Å². The van der Waals surface area contributed by atoms with Crippen LogP contribution < -0.4 is 16.6 Å². The van der Waals surface area contributed by atoms with Gasteiger partial charge in [-0.15, -0.1) is 0 Å². The van der Waals surface area contributed by atoms with Crippen LogP contribution in [0.2, 0.25) is 0 Å². The molecule has 2 aromatic heterocycles. The lowest BCUT2D eigenvalue weighted by atomic mass is 10.1. The summed E-state index contributed by atoms with van der Waals surface area (Å²) in [5.74, 6) is -0.0341. The number of hydrogen-bond donors (Lipinski definition) is 1. The fourth-order valence-corrected chi connectivity index (χ4v) is 4.43. The highest BCUT2D eigenvalue weighted by atomic mass is 32.2. The molecule has 8 nitrogen and oxygen atoms in total. The number of rotatable bonds is 7. The number of benzene rings is 1. The number of thioether (sulfide) groups is 1. The first-order valence-electron chi connectivity index (χ1n) is 10.7. The Hall–Kier alpha value is -3.01. The Morgan fingerprint density at radius 2 is 1.76 bits per heavy atom. The topological polar surface area (TPSA) is 98.9 Å². The molecule has 0 unspecified atom stereocenters. The van der Waals surface area contributed by atoms with Gasteiger partial charge < -0.3 is 5.32 Å². The Morgan fingerprint density at radius 3 is 2.36 bits per heavy atom. The molecule has 0 spiro atoms. The summed E-state index contributed by atoms with van der Waals surface area (Å²) in [6.45, 7) is 9.56. The molecule has 3 aromatic rings. The summed E-state index contributed by atoms with van der Waals surface area (Å²) in [7, 11) is 1.43. The summed E-state index contributed by atoms with van der Waals surface area (Å²) in [5, 5.41) is 2.90. The molecule has 0 fully saturated rings. The van der Waals surface area contributed by atoms with Crippen molar-refractivity contribution in [2.75, 3.05) is 0 Å². The van der Waals surface area contributed by atoms with Gasteiger partial charge in [-0.05, 0) is 44.4 Å². The van der Waals surface area contributed by atoms with Crippen molar-refractivity contribution in [3.63, 3.8) is 0 Å². The molecule has 0 saturated heterocycles. The van der Waals surface area contributed by atoms with Crippen molar-refractivity contribution in [3.8, 4) is 0 Å². The molecule has 0 bridgehead atoms. The number of aromatic nitrogens is 4. The third-order valence-electron chi connectivity index (χ3n) is 5.19. The fourth-order valence-electron chi connectivity index (χ4n) is 3.44. The van der Waals surface area contributed by atoms with Gasteiger partial charge >= 0.3 is 5.69 Å². The molecule has 0 saturated carbocycles. The molecule has 10 heteroatoms. The van der Waals surface area contributed by atoms with Crippen molar-refractivity contribution >= 4 is 28.7 Å². The molecular formula is C23H28FN5O3S. The number of carbonyl (C=O) groups excluding carboxylic acids is 1. The predicted octanol–water partition coefficient (Wildman–Crippen LogP) is 2.95. The first-order chi connectivity index (χ1) is 15.5. The fraction of sp³-hybridized carbons (Fsp3) is 0.435. The van der Waals surface area contributed by atoms with Crippen LogP contribution in [0.1, 0.15) is 45.1 Å². The van der Waals surface area contributed by atoms with Crippen molar-refractivity contribution in [3.05, 3.63) is 62.3 Å². The summed E-state index contributed by atoms with van der Waals surface area (Å²) >= 11 is 1.14. The average Bonchev–Trinajstić information content (AvgIpc) is 2.75. The minimum absolute atomic E-state index is 0.160. The Balaban J connectivity index is 1.95. The third kappa shape index (κ3) is 5.32. The molecule has 1 N–H and O–H groups in total. The maximum atomic E-state index is 13.2. The van der Waals surface area contributed by atoms with Crippen LogP contribution in [-0.2, 0) is 18.4 Å². The summed E-state index contributed by atoms with van der Waals surface area (Å²) in [4.78, 5) is 47.4. The minimum Gasteiger partial charge on any atom is -0.349 e. The van der Waals surface area contributed by atoms with Crippen LogP contribution in [0.4, 0.5) is 4.39 Å². The minimum atomic E-state index is -0.583. The van der Waals surface area contributed by atoms with Crippen LogP contribution in [0.3, 0.4) is 0 Å². The van der Waals surface area contributed by atoms with E-state index < -0.39 is 16.5 Å². The number of halogens is 1. The van der Waals surface area contributed by atoms with Crippen LogP contribution in [-0.4, -0.2) is 30.3 Å². The highest BCUT2D eigenvalue weighted by Gasteiger charge is 2.23. The molecule has 2 heterocycles. The first kappa shape index (κ1) is 24.6. The molecular weight excluding hydrogens is 445 g/mol. The molecule has 0 radical (unpaired) electrons. The number of aryl methyl sites for hydroxylation is 1. The van der Waals surface area contributed by atoms with E-state index in [9.17, 15) is 18.8 Å². The van der Waals surface area contributed by atoms with Crippen LogP contribution in [0.5, 0.6) is 0 Å². The monoisotopic (exact) mass is 473 g/mol. The normalized spacial score (nSPS) is 13.3. The summed E-state index contributed by atoms with van der Waals surface area (Å²) in [6, 6.07) is 5.61. The molecule has 3 rings (SSSR count). The predicted molar refractivity (Wildman–Crippen MR) is 127 cm³/mol. The summed E-state index contributed by atoms with van der Waals surface area (Å²) in [6.07, 6.45) is 0. The van der Waals surface area contributed by atoms with Crippen LogP contribution in [0.15, 0.2) is 38.9 Å². The highest BCUT2D eigenvalue weighted by Crippen LogP contribution is 2.27. The molecule has 0 aliphatic rings. The van der Waals surface area contributed by atoms with Crippen LogP contribution >= 0.6 is 11.8 Å². The van der Waals surface area contributed by atoms with Crippen molar-refractivity contribution in [1.82, 2.24) is 24.4 Å². The molecule has 0 aliphatic heterocycles.